The number of sulfonamides is 1. The molecule has 208 valence electrons. The van der Waals surface area contributed by atoms with Crippen molar-refractivity contribution in [3.8, 4) is 5.75 Å². The zero-order chi connectivity index (χ0) is 28.1. The fraction of sp³-hybridized carbons (Fsp3) is 0.400. The van der Waals surface area contributed by atoms with Gasteiger partial charge in [-0.1, -0.05) is 12.1 Å². The maximum Gasteiger partial charge on any atom is 0.573 e. The molecule has 0 radical (unpaired) electrons. The average molecular weight is 570 g/mol. The van der Waals surface area contributed by atoms with Crippen LogP contribution in [-0.2, 0) is 26.2 Å². The molecule has 3 aliphatic heterocycles. The highest BCUT2D eigenvalue weighted by atomic mass is 32.2. The molecule has 3 amide bonds. The molecule has 14 heteroatoms. The summed E-state index contributed by atoms with van der Waals surface area (Å²) in [6.45, 7) is -0.0659. The lowest BCUT2D eigenvalue weighted by molar-refractivity contribution is -0.275. The molecular weight excluding hydrogens is 546 g/mol. The van der Waals surface area contributed by atoms with Gasteiger partial charge in [-0.2, -0.15) is 4.31 Å². The second kappa shape index (κ2) is 9.90. The van der Waals surface area contributed by atoms with Gasteiger partial charge in [0.15, 0.2) is 0 Å². The first-order chi connectivity index (χ1) is 18.3. The molecule has 3 aliphatic rings. The summed E-state index contributed by atoms with van der Waals surface area (Å²) in [4.78, 5) is 37.7. The normalized spacial score (nSPS) is 21.2. The molecule has 0 aliphatic carbocycles. The van der Waals surface area contributed by atoms with Gasteiger partial charge in [0.2, 0.25) is 21.8 Å². The van der Waals surface area contributed by atoms with Crippen molar-refractivity contribution in [2.45, 2.75) is 55.4 Å². The number of para-hydroxylation sites is 1. The standard InChI is InChI=1S/C25H23F4N3O6S/c26-15-11-16(18-13-32(24(35)17(18)12-15)19-5-6-22(33)30-23(19)34)14-7-9-31(10-8-14)39(36,37)21-4-2-1-3-20(21)38-25(27,28)29/h1-4,11-12,14,19H,5-10,13H2,(H,30,33,34). The van der Waals surface area contributed by atoms with E-state index >= 15 is 0 Å². The van der Waals surface area contributed by atoms with Gasteiger partial charge in [-0.25, -0.2) is 12.8 Å². The maximum absolute atomic E-state index is 14.6. The van der Waals surface area contributed by atoms with Crippen LogP contribution in [0.1, 0.15) is 53.1 Å². The van der Waals surface area contributed by atoms with Gasteiger partial charge < -0.3 is 9.64 Å². The van der Waals surface area contributed by atoms with Crippen LogP contribution in [0.5, 0.6) is 5.75 Å². The van der Waals surface area contributed by atoms with E-state index in [4.69, 9.17) is 0 Å². The van der Waals surface area contributed by atoms with Crippen molar-refractivity contribution < 1.29 is 45.1 Å². The van der Waals surface area contributed by atoms with E-state index in [1.807, 2.05) is 0 Å². The summed E-state index contributed by atoms with van der Waals surface area (Å²) < 4.78 is 84.4. The van der Waals surface area contributed by atoms with Crippen LogP contribution in [0.2, 0.25) is 0 Å². The average Bonchev–Trinajstić information content (AvgIpc) is 3.19. The molecule has 0 saturated carbocycles. The van der Waals surface area contributed by atoms with Gasteiger partial charge in [-0.05, 0) is 60.6 Å². The summed E-state index contributed by atoms with van der Waals surface area (Å²) in [5.41, 5.74) is 1.17. The van der Waals surface area contributed by atoms with Crippen molar-refractivity contribution in [3.63, 3.8) is 0 Å². The molecule has 0 spiro atoms. The highest BCUT2D eigenvalue weighted by Crippen LogP contribution is 2.39. The zero-order valence-corrected chi connectivity index (χ0v) is 21.1. The Labute approximate surface area is 220 Å². The van der Waals surface area contributed by atoms with Gasteiger partial charge in [-0.3, -0.25) is 19.7 Å². The lowest BCUT2D eigenvalue weighted by Crippen LogP contribution is -2.52. The lowest BCUT2D eigenvalue weighted by Gasteiger charge is -2.33. The summed E-state index contributed by atoms with van der Waals surface area (Å²) >= 11 is 0. The van der Waals surface area contributed by atoms with Crippen molar-refractivity contribution >= 4 is 27.7 Å². The zero-order valence-electron chi connectivity index (χ0n) is 20.3. The largest absolute Gasteiger partial charge is 0.573 e. The number of fused-ring (bicyclic) bond motifs is 1. The second-order valence-corrected chi connectivity index (χ2v) is 11.5. The fourth-order valence-electron chi connectivity index (χ4n) is 5.44. The predicted molar refractivity (Wildman–Crippen MR) is 126 cm³/mol. The maximum atomic E-state index is 14.6. The van der Waals surface area contributed by atoms with E-state index in [1.165, 1.54) is 23.1 Å². The summed E-state index contributed by atoms with van der Waals surface area (Å²) in [5.74, 6) is -3.37. The van der Waals surface area contributed by atoms with Gasteiger partial charge in [0.25, 0.3) is 5.91 Å². The van der Waals surface area contributed by atoms with E-state index in [9.17, 15) is 40.4 Å². The van der Waals surface area contributed by atoms with E-state index in [0.717, 1.165) is 22.5 Å². The molecule has 9 nitrogen and oxygen atoms in total. The third-order valence-electron chi connectivity index (χ3n) is 7.24. The van der Waals surface area contributed by atoms with Gasteiger partial charge in [0, 0.05) is 31.6 Å². The van der Waals surface area contributed by atoms with Crippen LogP contribution >= 0.6 is 0 Å². The van der Waals surface area contributed by atoms with E-state index in [1.54, 1.807) is 0 Å². The third-order valence-corrected chi connectivity index (χ3v) is 9.18. The smallest absolute Gasteiger partial charge is 0.404 e. The number of carbonyl (C=O) groups is 3. The molecule has 1 atom stereocenters. The number of hydrogen-bond donors (Lipinski definition) is 1. The number of benzene rings is 2. The Balaban J connectivity index is 1.35. The van der Waals surface area contributed by atoms with Gasteiger partial charge >= 0.3 is 6.36 Å². The number of alkyl halides is 3. The van der Waals surface area contributed by atoms with Crippen molar-refractivity contribution in [1.82, 2.24) is 14.5 Å². The summed E-state index contributed by atoms with van der Waals surface area (Å²) in [5, 5.41) is 2.21. The lowest BCUT2D eigenvalue weighted by atomic mass is 9.86. The van der Waals surface area contributed by atoms with Gasteiger partial charge in [0.1, 0.15) is 22.5 Å². The minimum atomic E-state index is -5.07. The highest BCUT2D eigenvalue weighted by Gasteiger charge is 2.42. The number of halogens is 4. The minimum absolute atomic E-state index is 0.0384. The van der Waals surface area contributed by atoms with Crippen LogP contribution in [0, 0.1) is 5.82 Å². The molecule has 2 aromatic rings. The van der Waals surface area contributed by atoms with E-state index in [0.29, 0.717) is 11.1 Å². The van der Waals surface area contributed by atoms with Crippen LogP contribution in [0.15, 0.2) is 41.3 Å². The van der Waals surface area contributed by atoms with Crippen molar-refractivity contribution in [3.05, 3.63) is 58.9 Å². The Kier molecular flexibility index (Phi) is 6.87. The Morgan fingerprint density at radius 3 is 2.36 bits per heavy atom. The number of ether oxygens (including phenoxy) is 1. The monoisotopic (exact) mass is 569 g/mol. The molecular formula is C25H23F4N3O6S. The van der Waals surface area contributed by atoms with Crippen molar-refractivity contribution in [2.75, 3.05) is 13.1 Å². The number of rotatable bonds is 5. The molecule has 0 bridgehead atoms. The number of hydrogen-bond acceptors (Lipinski definition) is 6. The molecule has 2 fully saturated rings. The quantitative estimate of drug-likeness (QED) is 0.438. The SMILES string of the molecule is O=C1CCC(N2Cc3c(cc(F)cc3C3CCN(S(=O)(=O)c4ccccc4OC(F)(F)F)CC3)C2=O)C(=O)N1. The topological polar surface area (TPSA) is 113 Å². The molecule has 0 aromatic heterocycles. The number of imide groups is 1. The number of amides is 3. The molecule has 39 heavy (non-hydrogen) atoms. The Morgan fingerprint density at radius 2 is 1.69 bits per heavy atom. The van der Waals surface area contributed by atoms with Crippen molar-refractivity contribution in [2.24, 2.45) is 0 Å². The molecule has 3 heterocycles. The van der Waals surface area contributed by atoms with Crippen LogP contribution in [0.25, 0.3) is 0 Å². The van der Waals surface area contributed by atoms with E-state index < -0.39 is 56.6 Å². The first kappa shape index (κ1) is 27.1. The van der Waals surface area contributed by atoms with E-state index in [-0.39, 0.29) is 56.8 Å². The number of nitrogens with one attached hydrogen (secondary N) is 1. The second-order valence-electron chi connectivity index (χ2n) is 9.59. The van der Waals surface area contributed by atoms with Gasteiger partial charge in [0.05, 0.1) is 0 Å². The van der Waals surface area contributed by atoms with Gasteiger partial charge in [-0.15, -0.1) is 13.2 Å². The first-order valence-electron chi connectivity index (χ1n) is 12.2. The van der Waals surface area contributed by atoms with Crippen LogP contribution in [0.4, 0.5) is 17.6 Å². The molecule has 5 rings (SSSR count). The molecule has 2 saturated heterocycles. The fourth-order valence-corrected chi connectivity index (χ4v) is 7.02. The summed E-state index contributed by atoms with van der Waals surface area (Å²) in [6, 6.07) is 6.02. The molecule has 1 unspecified atom stereocenters. The van der Waals surface area contributed by atoms with Crippen molar-refractivity contribution in [1.29, 1.82) is 0 Å². The molecule has 2 aromatic carbocycles. The Morgan fingerprint density at radius 1 is 1.00 bits per heavy atom. The Bertz CT molecular complexity index is 1450. The van der Waals surface area contributed by atoms with Crippen LogP contribution < -0.4 is 10.1 Å². The number of carbonyl (C=O) groups excluding carboxylic acids is 3. The number of nitrogens with zero attached hydrogens (tertiary/aromatic N) is 2. The summed E-state index contributed by atoms with van der Waals surface area (Å²) in [7, 11) is -4.33. The number of piperidine rings is 2. The highest BCUT2D eigenvalue weighted by molar-refractivity contribution is 7.89. The first-order valence-corrected chi connectivity index (χ1v) is 13.6. The van der Waals surface area contributed by atoms with Crippen LogP contribution in [-0.4, -0.2) is 60.8 Å². The van der Waals surface area contributed by atoms with Crippen LogP contribution in [0.3, 0.4) is 0 Å². The minimum Gasteiger partial charge on any atom is -0.404 e. The Hall–Kier alpha value is -3.52. The van der Waals surface area contributed by atoms with E-state index in [2.05, 4.69) is 10.1 Å². The third kappa shape index (κ3) is 5.22. The summed E-state index contributed by atoms with van der Waals surface area (Å²) in [6.07, 6.45) is -4.40. The predicted octanol–water partition coefficient (Wildman–Crippen LogP) is 3.05. The molecule has 1 N–H and O–H groups in total.